The van der Waals surface area contributed by atoms with Gasteiger partial charge in [-0.15, -0.1) is 0 Å². The third kappa shape index (κ3) is 4.91. The zero-order valence-electron chi connectivity index (χ0n) is 21.4. The highest BCUT2D eigenvalue weighted by molar-refractivity contribution is 7.91. The van der Waals surface area contributed by atoms with Crippen LogP contribution in [-0.2, 0) is 22.7 Å². The van der Waals surface area contributed by atoms with Gasteiger partial charge in [0.25, 0.3) is 5.56 Å². The first-order valence-corrected chi connectivity index (χ1v) is 14.1. The molecule has 0 unspecified atom stereocenters. The Balaban J connectivity index is 1.49. The van der Waals surface area contributed by atoms with Crippen molar-refractivity contribution in [3.8, 4) is 17.5 Å². The molecule has 194 valence electrons. The average molecular weight is 530 g/mol. The highest BCUT2D eigenvalue weighted by atomic mass is 32.2. The minimum atomic E-state index is -3.62. The van der Waals surface area contributed by atoms with Crippen molar-refractivity contribution in [3.63, 3.8) is 0 Å². The fraction of sp³-hybridized carbons (Fsp3) is 0.370. The third-order valence-corrected chi connectivity index (χ3v) is 8.16. The molecule has 0 saturated heterocycles. The van der Waals surface area contributed by atoms with Crippen LogP contribution in [-0.4, -0.2) is 43.7 Å². The summed E-state index contributed by atoms with van der Waals surface area (Å²) in [5.41, 5.74) is 4.60. The first-order valence-electron chi connectivity index (χ1n) is 12.5. The second-order valence-electron chi connectivity index (χ2n) is 9.78. The third-order valence-electron chi connectivity index (χ3n) is 6.66. The van der Waals surface area contributed by atoms with E-state index < -0.39 is 15.6 Å². The minimum Gasteiger partial charge on any atom is -0.287 e. The van der Waals surface area contributed by atoms with Gasteiger partial charge in [-0.1, -0.05) is 12.1 Å². The number of aromatic nitrogens is 6. The molecule has 1 aromatic carbocycles. The van der Waals surface area contributed by atoms with Crippen molar-refractivity contribution >= 4 is 21.0 Å². The number of nitrogens with zero attached hydrogens (tertiary/aromatic N) is 7. The molecule has 3 heterocycles. The van der Waals surface area contributed by atoms with E-state index in [0.29, 0.717) is 41.4 Å². The summed E-state index contributed by atoms with van der Waals surface area (Å²) in [5, 5.41) is 8.73. The molecule has 38 heavy (non-hydrogen) atoms. The van der Waals surface area contributed by atoms with Gasteiger partial charge in [-0.3, -0.25) is 9.36 Å². The first kappa shape index (κ1) is 25.6. The van der Waals surface area contributed by atoms with Crippen LogP contribution in [0.2, 0.25) is 0 Å². The molecule has 0 aliphatic heterocycles. The van der Waals surface area contributed by atoms with Gasteiger partial charge in [0.15, 0.2) is 21.3 Å². The van der Waals surface area contributed by atoms with E-state index in [4.69, 9.17) is 10.2 Å². The Morgan fingerprint density at radius 1 is 1.08 bits per heavy atom. The Hall–Kier alpha value is -4.04. The lowest BCUT2D eigenvalue weighted by Gasteiger charge is -2.16. The molecule has 1 aliphatic carbocycles. The quantitative estimate of drug-likeness (QED) is 0.335. The van der Waals surface area contributed by atoms with Gasteiger partial charge in [-0.25, -0.2) is 33.3 Å². The van der Waals surface area contributed by atoms with Crippen molar-refractivity contribution in [2.45, 2.75) is 63.3 Å². The molecule has 0 atom stereocenters. The summed E-state index contributed by atoms with van der Waals surface area (Å²) in [6.45, 7) is 5.78. The molecular formula is C27H27N7O3S. The maximum atomic E-state index is 13.5. The average Bonchev–Trinajstić information content (AvgIpc) is 3.73. The lowest BCUT2D eigenvalue weighted by Crippen LogP contribution is -2.28. The molecular weight excluding hydrogens is 502 g/mol. The maximum Gasteiger partial charge on any atom is 0.274 e. The fourth-order valence-electron chi connectivity index (χ4n) is 4.54. The van der Waals surface area contributed by atoms with E-state index in [0.717, 1.165) is 35.4 Å². The van der Waals surface area contributed by atoms with Gasteiger partial charge in [-0.2, -0.15) is 5.26 Å². The maximum absolute atomic E-state index is 13.5. The van der Waals surface area contributed by atoms with Gasteiger partial charge < -0.3 is 0 Å². The van der Waals surface area contributed by atoms with Gasteiger partial charge in [0.1, 0.15) is 23.3 Å². The SMILES string of the molecule is Cc1ncnc(C2CC2)c1-c1ncc2nc(CCc3ccc(S(=O)(=O)CC#N)cc3)c(=O)n(C(C)C)c2n1. The first-order chi connectivity index (χ1) is 18.2. The molecule has 0 N–H and O–H groups in total. The molecule has 1 aliphatic rings. The second kappa shape index (κ2) is 10.0. The van der Waals surface area contributed by atoms with Crippen molar-refractivity contribution in [3.05, 3.63) is 69.8 Å². The number of benzene rings is 1. The van der Waals surface area contributed by atoms with E-state index in [9.17, 15) is 13.2 Å². The predicted octanol–water partition coefficient (Wildman–Crippen LogP) is 3.49. The van der Waals surface area contributed by atoms with Crippen LogP contribution in [0.25, 0.3) is 22.6 Å². The molecule has 0 radical (unpaired) electrons. The van der Waals surface area contributed by atoms with Crippen LogP contribution in [0, 0.1) is 18.3 Å². The standard InChI is InChI=1S/C27H27N7O3S/c1-16(2)34-26-22(14-29-25(33-26)23-17(3)30-15-31-24(23)19-7-8-19)32-21(27(34)35)11-6-18-4-9-20(10-5-18)38(36,37)13-12-28/h4-5,9-10,14-16,19H,6-8,11,13H2,1-3H3. The van der Waals surface area contributed by atoms with E-state index in [1.54, 1.807) is 35.3 Å². The number of aryl methyl sites for hydroxylation is 3. The van der Waals surface area contributed by atoms with Crippen LogP contribution >= 0.6 is 0 Å². The Bertz CT molecular complexity index is 1740. The van der Waals surface area contributed by atoms with Gasteiger partial charge in [0.05, 0.1) is 34.1 Å². The molecule has 3 aromatic heterocycles. The minimum absolute atomic E-state index is 0.102. The lowest BCUT2D eigenvalue weighted by atomic mass is 10.1. The van der Waals surface area contributed by atoms with Crippen LogP contribution in [0.5, 0.6) is 0 Å². The monoisotopic (exact) mass is 529 g/mol. The summed E-state index contributed by atoms with van der Waals surface area (Å²) >= 11 is 0. The van der Waals surface area contributed by atoms with Gasteiger partial charge >= 0.3 is 0 Å². The lowest BCUT2D eigenvalue weighted by molar-refractivity contribution is 0.584. The van der Waals surface area contributed by atoms with E-state index in [-0.39, 0.29) is 16.5 Å². The largest absolute Gasteiger partial charge is 0.287 e. The number of hydrogen-bond donors (Lipinski definition) is 0. The Morgan fingerprint density at radius 2 is 1.82 bits per heavy atom. The van der Waals surface area contributed by atoms with E-state index in [1.807, 2.05) is 20.8 Å². The van der Waals surface area contributed by atoms with Crippen LogP contribution in [0.1, 0.15) is 61.3 Å². The number of hydrogen-bond acceptors (Lipinski definition) is 9. The number of rotatable bonds is 8. The highest BCUT2D eigenvalue weighted by Gasteiger charge is 2.30. The topological polar surface area (TPSA) is 144 Å². The Kier molecular flexibility index (Phi) is 6.75. The summed E-state index contributed by atoms with van der Waals surface area (Å²) in [6.07, 6.45) is 6.25. The molecule has 11 heteroatoms. The van der Waals surface area contributed by atoms with Gasteiger partial charge in [0, 0.05) is 12.0 Å². The molecule has 0 spiro atoms. The van der Waals surface area contributed by atoms with Crippen molar-refractivity contribution in [2.24, 2.45) is 0 Å². The summed E-state index contributed by atoms with van der Waals surface area (Å²) in [5.74, 6) is 0.316. The van der Waals surface area contributed by atoms with Crippen molar-refractivity contribution in [1.82, 2.24) is 29.5 Å². The van der Waals surface area contributed by atoms with Crippen molar-refractivity contribution in [1.29, 1.82) is 5.26 Å². The van der Waals surface area contributed by atoms with E-state index >= 15 is 0 Å². The summed E-state index contributed by atoms with van der Waals surface area (Å²) in [6, 6.07) is 7.89. The molecule has 5 rings (SSSR count). The number of sulfone groups is 1. The van der Waals surface area contributed by atoms with Crippen LogP contribution < -0.4 is 5.56 Å². The number of fused-ring (bicyclic) bond motifs is 1. The molecule has 4 aromatic rings. The van der Waals surface area contributed by atoms with Crippen molar-refractivity contribution < 1.29 is 8.42 Å². The zero-order chi connectivity index (χ0) is 27.0. The normalized spacial score (nSPS) is 13.7. The summed E-state index contributed by atoms with van der Waals surface area (Å²) in [7, 11) is -3.62. The summed E-state index contributed by atoms with van der Waals surface area (Å²) in [4.78, 5) is 36.5. The molecule has 10 nitrogen and oxygen atoms in total. The molecule has 1 saturated carbocycles. The Morgan fingerprint density at radius 3 is 2.47 bits per heavy atom. The van der Waals surface area contributed by atoms with Gasteiger partial charge in [-0.05, 0) is 64.2 Å². The zero-order valence-corrected chi connectivity index (χ0v) is 22.2. The van der Waals surface area contributed by atoms with Crippen LogP contribution in [0.15, 0.2) is 46.5 Å². The van der Waals surface area contributed by atoms with Crippen LogP contribution in [0.3, 0.4) is 0 Å². The van der Waals surface area contributed by atoms with Crippen LogP contribution in [0.4, 0.5) is 0 Å². The second-order valence-corrected chi connectivity index (χ2v) is 11.8. The van der Waals surface area contributed by atoms with Crippen molar-refractivity contribution in [2.75, 3.05) is 5.75 Å². The Labute approximate surface area is 220 Å². The molecule has 1 fully saturated rings. The summed E-state index contributed by atoms with van der Waals surface area (Å²) < 4.78 is 25.8. The van der Waals surface area contributed by atoms with Gasteiger partial charge in [0.2, 0.25) is 0 Å². The smallest absolute Gasteiger partial charge is 0.274 e. The number of nitriles is 1. The molecule has 0 bridgehead atoms. The predicted molar refractivity (Wildman–Crippen MR) is 141 cm³/mol. The molecule has 0 amide bonds. The fourth-order valence-corrected chi connectivity index (χ4v) is 5.43. The highest BCUT2D eigenvalue weighted by Crippen LogP contribution is 2.43. The van der Waals surface area contributed by atoms with E-state index in [1.165, 1.54) is 12.1 Å². The van der Waals surface area contributed by atoms with E-state index in [2.05, 4.69) is 19.9 Å².